The Hall–Kier alpha value is -3.91. The van der Waals surface area contributed by atoms with E-state index in [1.807, 2.05) is 13.8 Å². The molecule has 0 fully saturated rings. The molecule has 0 unspecified atom stereocenters. The third-order valence-corrected chi connectivity index (χ3v) is 7.74. The summed E-state index contributed by atoms with van der Waals surface area (Å²) in [6.07, 6.45) is 0. The quantitative estimate of drug-likeness (QED) is 0.297. The second-order valence-electron chi connectivity index (χ2n) is 7.77. The summed E-state index contributed by atoms with van der Waals surface area (Å²) >= 11 is 3.49. The van der Waals surface area contributed by atoms with Crippen molar-refractivity contribution in [3.8, 4) is 11.9 Å². The fourth-order valence-electron chi connectivity index (χ4n) is 3.32. The molecule has 4 rings (SSSR count). The van der Waals surface area contributed by atoms with Crippen LogP contribution >= 0.6 is 15.9 Å². The smallest absolute Gasteiger partial charge is 0.321 e. The Morgan fingerprint density at radius 1 is 1.08 bits per heavy atom. The fraction of sp³-hybridized carbons (Fsp3) is 0.217. The van der Waals surface area contributed by atoms with E-state index in [2.05, 4.69) is 41.0 Å². The van der Waals surface area contributed by atoms with Gasteiger partial charge in [0, 0.05) is 11.8 Å². The molecule has 4 aromatic rings. The molecule has 0 atom stereocenters. The number of nitrogens with zero attached hydrogens (tertiary/aromatic N) is 4. The van der Waals surface area contributed by atoms with Gasteiger partial charge in [0.25, 0.3) is 15.9 Å². The van der Waals surface area contributed by atoms with Gasteiger partial charge in [-0.25, -0.2) is 8.42 Å². The van der Waals surface area contributed by atoms with Crippen molar-refractivity contribution < 1.29 is 27.1 Å². The van der Waals surface area contributed by atoms with E-state index in [9.17, 15) is 13.2 Å². The van der Waals surface area contributed by atoms with E-state index in [-0.39, 0.29) is 28.4 Å². The lowest BCUT2D eigenvalue weighted by Gasteiger charge is -2.10. The Labute approximate surface area is 221 Å². The van der Waals surface area contributed by atoms with Crippen LogP contribution < -0.4 is 19.5 Å². The first-order chi connectivity index (χ1) is 17.6. The van der Waals surface area contributed by atoms with Gasteiger partial charge in [0.1, 0.15) is 5.76 Å². The predicted octanol–water partition coefficient (Wildman–Crippen LogP) is 3.76. The third-order valence-electron chi connectivity index (χ3n) is 5.22. The van der Waals surface area contributed by atoms with Crippen LogP contribution in [0.15, 0.2) is 56.2 Å². The number of sulfonamides is 1. The molecular formula is C23H23BrN6O6S. The average Bonchev–Trinajstić information content (AvgIpc) is 3.44. The van der Waals surface area contributed by atoms with Crippen molar-refractivity contribution in [2.75, 3.05) is 24.3 Å². The van der Waals surface area contributed by atoms with Gasteiger partial charge in [-0.05, 0) is 66.2 Å². The van der Waals surface area contributed by atoms with Crippen LogP contribution in [0.2, 0.25) is 0 Å². The predicted molar refractivity (Wildman–Crippen MR) is 138 cm³/mol. The molecule has 12 nitrogen and oxygen atoms in total. The second-order valence-corrected chi connectivity index (χ2v) is 10.3. The lowest BCUT2D eigenvalue weighted by Crippen LogP contribution is -2.15. The number of methoxy groups -OCH3 is 2. The van der Waals surface area contributed by atoms with E-state index < -0.39 is 15.9 Å². The molecule has 0 aliphatic rings. The number of halogens is 1. The first kappa shape index (κ1) is 26.2. The summed E-state index contributed by atoms with van der Waals surface area (Å²) in [6.45, 7) is 4.20. The summed E-state index contributed by atoms with van der Waals surface area (Å²) in [6, 6.07) is 10.2. The first-order valence-corrected chi connectivity index (χ1v) is 13.1. The van der Waals surface area contributed by atoms with Gasteiger partial charge in [0.2, 0.25) is 5.88 Å². The largest absolute Gasteiger partial charge is 0.481 e. The number of ether oxygens (including phenoxy) is 2. The van der Waals surface area contributed by atoms with Crippen LogP contribution in [0.1, 0.15) is 27.7 Å². The maximum atomic E-state index is 12.8. The number of amides is 1. The number of aryl methyl sites for hydroxylation is 1. The van der Waals surface area contributed by atoms with Crippen molar-refractivity contribution in [1.82, 2.24) is 19.7 Å². The molecule has 0 saturated heterocycles. The number of anilines is 2. The highest BCUT2D eigenvalue weighted by atomic mass is 79.9. The molecule has 0 bridgehead atoms. The van der Waals surface area contributed by atoms with Gasteiger partial charge in [0.15, 0.2) is 11.6 Å². The Kier molecular flexibility index (Phi) is 7.50. The van der Waals surface area contributed by atoms with Crippen molar-refractivity contribution in [3.05, 3.63) is 69.8 Å². The van der Waals surface area contributed by atoms with Gasteiger partial charge in [0.05, 0.1) is 41.5 Å². The van der Waals surface area contributed by atoms with Crippen LogP contribution in [0.25, 0.3) is 0 Å². The number of carbonyl (C=O) groups excluding carboxylic acids is 1. The highest BCUT2D eigenvalue weighted by Crippen LogP contribution is 2.23. The van der Waals surface area contributed by atoms with Gasteiger partial charge in [-0.1, -0.05) is 0 Å². The Balaban J connectivity index is 1.42. The van der Waals surface area contributed by atoms with Crippen LogP contribution in [0.4, 0.5) is 11.5 Å². The van der Waals surface area contributed by atoms with Crippen LogP contribution in [-0.2, 0) is 16.6 Å². The SMILES string of the molecule is COc1cc(NS(=O)(=O)c2ccc(NC(=O)c3ccc(Cn4nc(C)c(Br)c4C)o3)cc2)nc(OC)n1. The van der Waals surface area contributed by atoms with E-state index in [0.717, 1.165) is 15.9 Å². The van der Waals surface area contributed by atoms with E-state index in [1.54, 1.807) is 16.8 Å². The number of rotatable bonds is 9. The molecule has 1 amide bonds. The molecule has 0 spiro atoms. The summed E-state index contributed by atoms with van der Waals surface area (Å²) in [7, 11) is -1.25. The Morgan fingerprint density at radius 2 is 1.81 bits per heavy atom. The average molecular weight is 591 g/mol. The van der Waals surface area contributed by atoms with E-state index in [1.165, 1.54) is 44.6 Å². The Bertz CT molecular complexity index is 1530. The number of benzene rings is 1. The van der Waals surface area contributed by atoms with E-state index >= 15 is 0 Å². The lowest BCUT2D eigenvalue weighted by atomic mass is 10.3. The summed E-state index contributed by atoms with van der Waals surface area (Å²) in [5.74, 6) is 0.304. The maximum absolute atomic E-state index is 12.8. The molecule has 3 aromatic heterocycles. The third kappa shape index (κ3) is 5.91. The molecular weight excluding hydrogens is 568 g/mol. The summed E-state index contributed by atoms with van der Waals surface area (Å²) < 4.78 is 46.3. The van der Waals surface area contributed by atoms with Crippen LogP contribution in [0.3, 0.4) is 0 Å². The molecule has 0 saturated carbocycles. The molecule has 37 heavy (non-hydrogen) atoms. The minimum absolute atomic E-state index is 0.0254. The van der Waals surface area contributed by atoms with Crippen molar-refractivity contribution in [1.29, 1.82) is 0 Å². The van der Waals surface area contributed by atoms with Crippen molar-refractivity contribution >= 4 is 43.4 Å². The minimum atomic E-state index is -3.99. The number of carbonyl (C=O) groups is 1. The van der Waals surface area contributed by atoms with Crippen LogP contribution in [-0.4, -0.2) is 48.3 Å². The Morgan fingerprint density at radius 3 is 2.43 bits per heavy atom. The first-order valence-electron chi connectivity index (χ1n) is 10.8. The molecule has 0 aliphatic heterocycles. The normalized spacial score (nSPS) is 11.3. The highest BCUT2D eigenvalue weighted by molar-refractivity contribution is 9.10. The number of furan rings is 1. The zero-order valence-electron chi connectivity index (χ0n) is 20.3. The number of nitrogens with one attached hydrogen (secondary N) is 2. The monoisotopic (exact) mass is 590 g/mol. The van der Waals surface area contributed by atoms with Gasteiger partial charge < -0.3 is 19.2 Å². The maximum Gasteiger partial charge on any atom is 0.321 e. The molecule has 2 N–H and O–H groups in total. The summed E-state index contributed by atoms with van der Waals surface area (Å²) in [4.78, 5) is 20.5. The number of hydrogen-bond donors (Lipinski definition) is 2. The zero-order chi connectivity index (χ0) is 26.7. The molecule has 1 aromatic carbocycles. The van der Waals surface area contributed by atoms with Crippen molar-refractivity contribution in [2.24, 2.45) is 0 Å². The highest BCUT2D eigenvalue weighted by Gasteiger charge is 2.18. The summed E-state index contributed by atoms with van der Waals surface area (Å²) in [5.41, 5.74) is 2.19. The van der Waals surface area contributed by atoms with Crippen LogP contribution in [0, 0.1) is 13.8 Å². The van der Waals surface area contributed by atoms with Gasteiger partial charge in [-0.15, -0.1) is 0 Å². The van der Waals surface area contributed by atoms with Crippen molar-refractivity contribution in [3.63, 3.8) is 0 Å². The van der Waals surface area contributed by atoms with Gasteiger partial charge in [-0.2, -0.15) is 15.1 Å². The number of aromatic nitrogens is 4. The fourth-order valence-corrected chi connectivity index (χ4v) is 4.60. The minimum Gasteiger partial charge on any atom is -0.481 e. The molecule has 194 valence electrons. The zero-order valence-corrected chi connectivity index (χ0v) is 22.7. The van der Waals surface area contributed by atoms with Crippen LogP contribution in [0.5, 0.6) is 11.9 Å². The topological polar surface area (TPSA) is 150 Å². The summed E-state index contributed by atoms with van der Waals surface area (Å²) in [5, 5.41) is 7.12. The molecule has 14 heteroatoms. The standard InChI is InChI=1S/C23H23BrN6O6S/c1-13-21(24)14(2)30(28-13)12-16-7-10-18(36-16)22(31)25-15-5-8-17(9-6-15)37(32,33)29-19-11-20(34-3)27-23(26-19)35-4/h5-11H,12H2,1-4H3,(H,25,31)(H,26,27,29). The van der Waals surface area contributed by atoms with Crippen molar-refractivity contribution in [2.45, 2.75) is 25.3 Å². The lowest BCUT2D eigenvalue weighted by molar-refractivity contribution is 0.0994. The second kappa shape index (κ2) is 10.6. The molecule has 0 aliphatic carbocycles. The van der Waals surface area contributed by atoms with E-state index in [0.29, 0.717) is 18.0 Å². The van der Waals surface area contributed by atoms with Gasteiger partial charge >= 0.3 is 6.01 Å². The number of hydrogen-bond acceptors (Lipinski definition) is 9. The molecule has 0 radical (unpaired) electrons. The molecule has 3 heterocycles. The van der Waals surface area contributed by atoms with Gasteiger partial charge in [-0.3, -0.25) is 14.2 Å². The van der Waals surface area contributed by atoms with E-state index in [4.69, 9.17) is 13.9 Å².